The lowest BCUT2D eigenvalue weighted by Crippen LogP contribution is -2.45. The van der Waals surface area contributed by atoms with E-state index in [1.54, 1.807) is 0 Å². The molecule has 2 fully saturated rings. The van der Waals surface area contributed by atoms with E-state index in [4.69, 9.17) is 4.74 Å². The maximum absolute atomic E-state index is 5.93. The molecule has 1 saturated carbocycles. The maximum atomic E-state index is 5.93. The molecule has 1 aliphatic carbocycles. The summed E-state index contributed by atoms with van der Waals surface area (Å²) in [7, 11) is 0. The summed E-state index contributed by atoms with van der Waals surface area (Å²) in [6, 6.07) is 9.42. The predicted molar refractivity (Wildman–Crippen MR) is 101 cm³/mol. The second-order valence-electron chi connectivity index (χ2n) is 7.35. The molecule has 3 rings (SSSR count). The topological polar surface area (TPSA) is 24.5 Å². The highest BCUT2D eigenvalue weighted by atomic mass is 35.5. The maximum Gasteiger partial charge on any atom is 0.120 e. The molecule has 1 N–H and O–H groups in total. The molecule has 0 radical (unpaired) electrons. The van der Waals surface area contributed by atoms with E-state index in [9.17, 15) is 0 Å². The standard InChI is InChI=1S/C18H28N2O.2ClH/c1-18(2,3)21-16-8-6-15(7-9-16)17(14-4-5-14)20-12-10-19-11-13-20;;/h6-9,14,17,19H,4-5,10-13H2,1-3H3;2*1H/t17-;;/m0../s1. The highest BCUT2D eigenvalue weighted by Gasteiger charge is 2.36. The summed E-state index contributed by atoms with van der Waals surface area (Å²) in [5.74, 6) is 1.83. The van der Waals surface area contributed by atoms with E-state index < -0.39 is 0 Å². The first kappa shape index (κ1) is 20.6. The SMILES string of the molecule is CC(C)(C)Oc1ccc([C@H](C2CC2)N2CCNCC2)cc1.Cl.Cl. The highest BCUT2D eigenvalue weighted by molar-refractivity contribution is 5.85. The molecule has 2 aliphatic rings. The third-order valence-corrected chi connectivity index (χ3v) is 4.26. The highest BCUT2D eigenvalue weighted by Crippen LogP contribution is 2.44. The fourth-order valence-corrected chi connectivity index (χ4v) is 3.24. The molecule has 1 saturated heterocycles. The van der Waals surface area contributed by atoms with Crippen LogP contribution in [0.15, 0.2) is 24.3 Å². The zero-order valence-electron chi connectivity index (χ0n) is 14.4. The van der Waals surface area contributed by atoms with Crippen LogP contribution in [0.2, 0.25) is 0 Å². The van der Waals surface area contributed by atoms with Crippen LogP contribution in [0, 0.1) is 5.92 Å². The van der Waals surface area contributed by atoms with Crippen LogP contribution in [0.5, 0.6) is 5.75 Å². The number of rotatable bonds is 4. The minimum absolute atomic E-state index is 0. The van der Waals surface area contributed by atoms with Gasteiger partial charge in [-0.3, -0.25) is 4.90 Å². The van der Waals surface area contributed by atoms with Gasteiger partial charge in [0.2, 0.25) is 0 Å². The predicted octanol–water partition coefficient (Wildman–Crippen LogP) is 4.06. The van der Waals surface area contributed by atoms with Crippen molar-refractivity contribution < 1.29 is 4.74 Å². The molecular weight excluding hydrogens is 331 g/mol. The van der Waals surface area contributed by atoms with Crippen LogP contribution < -0.4 is 10.1 Å². The van der Waals surface area contributed by atoms with Crippen LogP contribution >= 0.6 is 24.8 Å². The minimum Gasteiger partial charge on any atom is -0.488 e. The number of nitrogens with one attached hydrogen (secondary N) is 1. The van der Waals surface area contributed by atoms with Crippen LogP contribution in [-0.2, 0) is 0 Å². The molecule has 1 heterocycles. The van der Waals surface area contributed by atoms with Crippen molar-refractivity contribution in [3.05, 3.63) is 29.8 Å². The van der Waals surface area contributed by atoms with Gasteiger partial charge in [0.15, 0.2) is 0 Å². The minimum atomic E-state index is -0.129. The van der Waals surface area contributed by atoms with Crippen molar-refractivity contribution in [3.8, 4) is 5.75 Å². The van der Waals surface area contributed by atoms with Crippen molar-refractivity contribution in [1.29, 1.82) is 0 Å². The molecule has 0 spiro atoms. The third kappa shape index (κ3) is 5.82. The van der Waals surface area contributed by atoms with Gasteiger partial charge in [-0.2, -0.15) is 0 Å². The summed E-state index contributed by atoms with van der Waals surface area (Å²) < 4.78 is 5.93. The lowest BCUT2D eigenvalue weighted by Gasteiger charge is -2.35. The van der Waals surface area contributed by atoms with E-state index in [2.05, 4.69) is 55.3 Å². The smallest absolute Gasteiger partial charge is 0.120 e. The molecule has 0 amide bonds. The Hall–Kier alpha value is -0.480. The van der Waals surface area contributed by atoms with Crippen molar-refractivity contribution in [2.75, 3.05) is 26.2 Å². The molecule has 1 atom stereocenters. The van der Waals surface area contributed by atoms with Gasteiger partial charge >= 0.3 is 0 Å². The van der Waals surface area contributed by atoms with Crippen LogP contribution in [-0.4, -0.2) is 36.7 Å². The van der Waals surface area contributed by atoms with E-state index in [0.29, 0.717) is 6.04 Å². The van der Waals surface area contributed by atoms with Crippen LogP contribution in [0.4, 0.5) is 0 Å². The number of halogens is 2. The summed E-state index contributed by atoms with van der Waals surface area (Å²) >= 11 is 0. The number of hydrogen-bond acceptors (Lipinski definition) is 3. The molecule has 132 valence electrons. The third-order valence-electron chi connectivity index (χ3n) is 4.26. The van der Waals surface area contributed by atoms with Crippen LogP contribution in [0.1, 0.15) is 45.2 Å². The van der Waals surface area contributed by atoms with E-state index in [0.717, 1.165) is 24.8 Å². The number of piperazine rings is 1. The fourth-order valence-electron chi connectivity index (χ4n) is 3.24. The van der Waals surface area contributed by atoms with Crippen LogP contribution in [0.25, 0.3) is 0 Å². The Morgan fingerprint density at radius 3 is 2.09 bits per heavy atom. The lowest BCUT2D eigenvalue weighted by molar-refractivity contribution is 0.130. The Bertz CT molecular complexity index is 463. The number of ether oxygens (including phenoxy) is 1. The van der Waals surface area contributed by atoms with E-state index in [1.807, 2.05) is 0 Å². The summed E-state index contributed by atoms with van der Waals surface area (Å²) in [4.78, 5) is 2.66. The average molecular weight is 361 g/mol. The Morgan fingerprint density at radius 1 is 1.04 bits per heavy atom. The van der Waals surface area contributed by atoms with Gasteiger partial charge in [0.05, 0.1) is 0 Å². The molecule has 5 heteroatoms. The summed E-state index contributed by atoms with van der Waals surface area (Å²) in [5.41, 5.74) is 1.33. The Morgan fingerprint density at radius 2 is 1.61 bits per heavy atom. The van der Waals surface area contributed by atoms with Crippen molar-refractivity contribution in [2.24, 2.45) is 5.92 Å². The van der Waals surface area contributed by atoms with Gasteiger partial charge < -0.3 is 10.1 Å². The first-order valence-electron chi connectivity index (χ1n) is 8.27. The van der Waals surface area contributed by atoms with Gasteiger partial charge in [0, 0.05) is 32.2 Å². The van der Waals surface area contributed by atoms with Gasteiger partial charge in [-0.15, -0.1) is 24.8 Å². The van der Waals surface area contributed by atoms with E-state index >= 15 is 0 Å². The van der Waals surface area contributed by atoms with Gasteiger partial charge in [-0.05, 0) is 57.2 Å². The second-order valence-corrected chi connectivity index (χ2v) is 7.35. The van der Waals surface area contributed by atoms with Crippen molar-refractivity contribution >= 4 is 24.8 Å². The Labute approximate surface area is 153 Å². The summed E-state index contributed by atoms with van der Waals surface area (Å²) in [6.07, 6.45) is 2.77. The largest absolute Gasteiger partial charge is 0.488 e. The molecule has 0 bridgehead atoms. The Kier molecular flexibility index (Phi) is 7.66. The van der Waals surface area contributed by atoms with Crippen LogP contribution in [0.3, 0.4) is 0 Å². The molecule has 3 nitrogen and oxygen atoms in total. The monoisotopic (exact) mass is 360 g/mol. The Balaban J connectivity index is 0.00000132. The fraction of sp³-hybridized carbons (Fsp3) is 0.667. The summed E-state index contributed by atoms with van der Waals surface area (Å²) in [6.45, 7) is 10.9. The van der Waals surface area contributed by atoms with Gasteiger partial charge in [0.1, 0.15) is 11.4 Å². The molecule has 1 aromatic carbocycles. The molecule has 0 unspecified atom stereocenters. The number of benzene rings is 1. The first-order valence-corrected chi connectivity index (χ1v) is 8.27. The van der Waals surface area contributed by atoms with Crippen molar-refractivity contribution in [3.63, 3.8) is 0 Å². The van der Waals surface area contributed by atoms with E-state index in [-0.39, 0.29) is 30.4 Å². The second kappa shape index (κ2) is 8.57. The van der Waals surface area contributed by atoms with Crippen molar-refractivity contribution in [2.45, 2.75) is 45.3 Å². The normalized spacial score (nSPS) is 20.1. The lowest BCUT2D eigenvalue weighted by atomic mass is 9.99. The quantitative estimate of drug-likeness (QED) is 0.875. The summed E-state index contributed by atoms with van der Waals surface area (Å²) in [5, 5.41) is 3.45. The van der Waals surface area contributed by atoms with E-state index in [1.165, 1.54) is 31.5 Å². The molecular formula is C18H30Cl2N2O. The molecule has 1 aliphatic heterocycles. The van der Waals surface area contributed by atoms with Gasteiger partial charge in [-0.25, -0.2) is 0 Å². The molecule has 23 heavy (non-hydrogen) atoms. The van der Waals surface area contributed by atoms with Gasteiger partial charge in [0.25, 0.3) is 0 Å². The number of hydrogen-bond donors (Lipinski definition) is 1. The van der Waals surface area contributed by atoms with Crippen molar-refractivity contribution in [1.82, 2.24) is 10.2 Å². The number of nitrogens with zero attached hydrogens (tertiary/aromatic N) is 1. The molecule has 1 aromatic rings. The zero-order chi connectivity index (χ0) is 14.9. The first-order chi connectivity index (χ1) is 10.0. The average Bonchev–Trinajstić information content (AvgIpc) is 3.25. The zero-order valence-corrected chi connectivity index (χ0v) is 16.0. The van der Waals surface area contributed by atoms with Gasteiger partial charge in [-0.1, -0.05) is 12.1 Å². The molecule has 0 aromatic heterocycles.